The number of rotatable bonds is 28. The van der Waals surface area contributed by atoms with Crippen LogP contribution in [0, 0.1) is 47.3 Å². The van der Waals surface area contributed by atoms with Gasteiger partial charge in [0, 0.05) is 67.2 Å². The van der Waals surface area contributed by atoms with Gasteiger partial charge in [0.05, 0.1) is 51.4 Å². The number of amides is 13. The number of aliphatic hydroxyl groups is 2. The molecule has 6 fully saturated rings. The standard InChI is InChI=1S/C56H89N7O14.C51H80ClN7O12/c1-16-34(8)45-43(64)30-44(65)76-47(33(6)7)50(68)57-38(27-31(2)3)51(69)62-25-17-19-39(62)52(70)61(14)42(29-36-21-23-37(74-15)24-22-36)54(72)75-35(9)46(49(67)58-45)59-48(66)41(28-32(4)5)60(13)53(71)40-20-18-26-63(40)55(73)77-56(10,11)12;1-13-31(8)42-40(60)27-41(61)71-44(30(6)7)47(64)53-35(24-28(2)3)48(65)58-22-14-16-36(58)49(66)57(11)39(26-33-18-20-34(69-12)21-19-33)51(68)70-32(9)43(46(63)54-42)55-45(62)38(25-29(4)5)56(10)50(67)37-17-15-23-59(37)52/h21-24,31-35,38-43,45-47,64H,16-20,25-30H2,1-15H3,(H,57,68)(H,58,67)(H,59,66);18-21,28-32,35-40,42-44,60H,13-17,22-27H2,1-12H3,(H,53,64)(H,54,63)(H,55,62)/t34-,35+,38-,39-,40-,41+,42-,43-,45+,46-,47-;31-,32+,35-,36-,37-,38+,39-,40-,42+,43-,44-/m00/s1. The molecule has 2 aromatic carbocycles. The summed E-state index contributed by atoms with van der Waals surface area (Å²) >= 11 is 6.40. The lowest BCUT2D eigenvalue weighted by molar-refractivity contribution is -0.163. The molecule has 40 nitrogen and oxygen atoms in total. The number of carbonyl (C=O) groups excluding carboxylic acids is 17. The quantitative estimate of drug-likeness (QED) is 0.0232. The van der Waals surface area contributed by atoms with E-state index in [0.29, 0.717) is 80.5 Å². The Labute approximate surface area is 878 Å². The van der Waals surface area contributed by atoms with E-state index < -0.39 is 258 Å². The van der Waals surface area contributed by atoms with E-state index in [-0.39, 0.29) is 101 Å². The van der Waals surface area contributed by atoms with E-state index in [1.165, 1.54) is 95.0 Å². The van der Waals surface area contributed by atoms with Crippen molar-refractivity contribution in [1.29, 1.82) is 0 Å². The summed E-state index contributed by atoms with van der Waals surface area (Å²) < 4.78 is 41.6. The topological polar surface area (TPSA) is 493 Å². The van der Waals surface area contributed by atoms with Crippen LogP contribution in [0.1, 0.15) is 259 Å². The number of methoxy groups -OCH3 is 2. The zero-order valence-electron chi connectivity index (χ0n) is 92.0. The first-order chi connectivity index (χ1) is 69.4. The van der Waals surface area contributed by atoms with E-state index >= 15 is 0 Å². The smallest absolute Gasteiger partial charge is 0.410 e. The van der Waals surface area contributed by atoms with Gasteiger partial charge in [0.25, 0.3) is 11.8 Å². The van der Waals surface area contributed by atoms with Gasteiger partial charge in [-0.3, -0.25) is 72.0 Å². The number of fused-ring (bicyclic) bond motifs is 2. The van der Waals surface area contributed by atoms with Crippen molar-refractivity contribution in [2.75, 3.05) is 68.6 Å². The van der Waals surface area contributed by atoms with Gasteiger partial charge in [-0.15, -0.1) is 0 Å². The van der Waals surface area contributed by atoms with E-state index in [4.69, 9.17) is 44.9 Å². The minimum atomic E-state index is -1.72. The van der Waals surface area contributed by atoms with Crippen LogP contribution in [0.4, 0.5) is 4.79 Å². The number of halogens is 1. The lowest BCUT2D eigenvalue weighted by Crippen LogP contribution is -2.62. The van der Waals surface area contributed by atoms with Crippen LogP contribution in [-0.2, 0) is 113 Å². The van der Waals surface area contributed by atoms with Crippen molar-refractivity contribution in [1.82, 2.24) is 70.6 Å². The molecule has 6 heterocycles. The summed E-state index contributed by atoms with van der Waals surface area (Å²) in [5.74, 6) is -13.2. The summed E-state index contributed by atoms with van der Waals surface area (Å²) in [6.45, 7) is 37.8. The highest BCUT2D eigenvalue weighted by molar-refractivity contribution is 6.15. The Morgan fingerprint density at radius 3 is 1.16 bits per heavy atom. The zero-order chi connectivity index (χ0) is 111. The molecule has 41 heteroatoms. The molecule has 6 saturated heterocycles. The summed E-state index contributed by atoms with van der Waals surface area (Å²) in [5, 5.41) is 40.4. The van der Waals surface area contributed by atoms with Crippen molar-refractivity contribution in [2.24, 2.45) is 47.3 Å². The Hall–Kier alpha value is -11.0. The van der Waals surface area contributed by atoms with Gasteiger partial charge in [-0.1, -0.05) is 148 Å². The van der Waals surface area contributed by atoms with Crippen LogP contribution in [0.5, 0.6) is 11.5 Å². The van der Waals surface area contributed by atoms with Gasteiger partial charge in [-0.05, 0) is 206 Å². The lowest BCUT2D eigenvalue weighted by Gasteiger charge is -2.36. The van der Waals surface area contributed by atoms with Gasteiger partial charge < -0.3 is 105 Å². The monoisotopic (exact) mass is 2100 g/mol. The third-order valence-corrected chi connectivity index (χ3v) is 29.0. The number of hydrogen-bond donors (Lipinski definition) is 8. The normalized spacial score (nSPS) is 27.2. The van der Waals surface area contributed by atoms with E-state index in [2.05, 4.69) is 31.9 Å². The van der Waals surface area contributed by atoms with Gasteiger partial charge >= 0.3 is 30.0 Å². The third-order valence-electron chi connectivity index (χ3n) is 28.6. The van der Waals surface area contributed by atoms with Crippen molar-refractivity contribution >= 4 is 113 Å². The Morgan fingerprint density at radius 1 is 0.480 bits per heavy atom. The molecule has 0 aliphatic carbocycles. The summed E-state index contributed by atoms with van der Waals surface area (Å²) in [7, 11) is 8.83. The van der Waals surface area contributed by atoms with Crippen molar-refractivity contribution in [2.45, 2.75) is 388 Å². The van der Waals surface area contributed by atoms with Gasteiger partial charge in [-0.25, -0.2) is 18.8 Å². The molecule has 8 rings (SSSR count). The number of carbonyl (C=O) groups is 17. The number of benzene rings is 2. The molecule has 2 aromatic rings. The second-order valence-electron chi connectivity index (χ2n) is 44.0. The predicted octanol–water partition coefficient (Wildman–Crippen LogP) is 7.50. The molecule has 830 valence electrons. The van der Waals surface area contributed by atoms with E-state index in [9.17, 15) is 91.7 Å². The van der Waals surface area contributed by atoms with Gasteiger partial charge in [0.15, 0.2) is 12.2 Å². The van der Waals surface area contributed by atoms with Crippen LogP contribution >= 0.6 is 11.8 Å². The Kier molecular flexibility index (Phi) is 47.5. The van der Waals surface area contributed by atoms with Crippen molar-refractivity contribution in [3.63, 3.8) is 0 Å². The predicted molar refractivity (Wildman–Crippen MR) is 551 cm³/mol. The highest BCUT2D eigenvalue weighted by Gasteiger charge is 2.51. The number of aliphatic hydroxyl groups excluding tert-OH is 2. The van der Waals surface area contributed by atoms with Crippen LogP contribution < -0.4 is 41.4 Å². The SMILES string of the molecule is CC[C@H](C)[C@H]1NC(=O)[C@@H](NC(=O)[C@@H](CC(C)C)N(C)C(=O)[C@@H]2CCCN2C(=O)OC(C)(C)C)[C@@H](C)OC(=O)[C@H](Cc2ccc(OC)cc2)N(C)C(=O)[C@@H]2CCCN2C(=O)[C@H](CC(C)C)NC(=O)[C@H](C(C)C)OC(=O)C[C@@H]1O.CC[C@H](C)[C@H]1NC(=O)[C@@H](NC(=O)[C@@H](CC(C)C)N(C)C(=O)[C@@H]2CCCN2Cl)[C@@H](C)OC(=O)[C@H](Cc2ccc(OC)cc2)N(C)C(=O)[C@@H]2CCCN2C(=O)[C@H](CC(C)C)NC(=O)[C@H](C(C)C)OC(=O)C[C@@H]1O. The first-order valence-electron chi connectivity index (χ1n) is 52.7. The van der Waals surface area contributed by atoms with Crippen LogP contribution in [0.2, 0.25) is 0 Å². The van der Waals surface area contributed by atoms with Crippen molar-refractivity contribution < 1.29 is 125 Å². The molecule has 22 atom stereocenters. The number of nitrogens with one attached hydrogen (secondary N) is 6. The van der Waals surface area contributed by atoms with Gasteiger partial charge in [0.2, 0.25) is 59.1 Å². The fourth-order valence-electron chi connectivity index (χ4n) is 19.6. The molecule has 0 aromatic heterocycles. The molecule has 148 heavy (non-hydrogen) atoms. The largest absolute Gasteiger partial charge is 0.497 e. The fraction of sp³-hybridized carbons (Fsp3) is 0.729. The summed E-state index contributed by atoms with van der Waals surface area (Å²) in [5.41, 5.74) is 0.390. The molecule has 13 amide bonds. The van der Waals surface area contributed by atoms with Crippen molar-refractivity contribution in [3.8, 4) is 11.5 Å². The maximum absolute atomic E-state index is 15.0. The molecular weight excluding hydrogens is 1930 g/mol. The highest BCUT2D eigenvalue weighted by atomic mass is 35.5. The molecular formula is C107H169ClN14O26. The number of likely N-dealkylation sites (tertiary alicyclic amines) is 1. The molecule has 6 aliphatic rings. The Bertz CT molecular complexity index is 4840. The highest BCUT2D eigenvalue weighted by Crippen LogP contribution is 2.33. The summed E-state index contributed by atoms with van der Waals surface area (Å²) in [4.78, 5) is 254. The van der Waals surface area contributed by atoms with E-state index in [1.807, 2.05) is 69.2 Å². The molecule has 6 aliphatic heterocycles. The fourth-order valence-corrected chi connectivity index (χ4v) is 19.9. The second kappa shape index (κ2) is 56.7. The summed E-state index contributed by atoms with van der Waals surface area (Å²) in [6, 6.07) is -2.92. The van der Waals surface area contributed by atoms with Crippen LogP contribution in [0.25, 0.3) is 0 Å². The van der Waals surface area contributed by atoms with Crippen LogP contribution in [0.3, 0.4) is 0 Å². The zero-order valence-corrected chi connectivity index (χ0v) is 92.7. The van der Waals surface area contributed by atoms with Crippen molar-refractivity contribution in [3.05, 3.63) is 59.7 Å². The molecule has 0 bridgehead atoms. The molecule has 8 N–H and O–H groups in total. The number of hydrogen-bond acceptors (Lipinski definition) is 27. The first kappa shape index (κ1) is 124. The third kappa shape index (κ3) is 34.3. The molecule has 0 radical (unpaired) electrons. The molecule has 0 spiro atoms. The maximum Gasteiger partial charge on any atom is 0.410 e. The number of esters is 4. The second-order valence-corrected chi connectivity index (χ2v) is 44.5. The van der Waals surface area contributed by atoms with Gasteiger partial charge in [-0.2, -0.15) is 0 Å². The lowest BCUT2D eigenvalue weighted by atomic mass is 9.92. The Balaban J connectivity index is 0.000000402. The minimum absolute atomic E-state index is 0.0667. The summed E-state index contributed by atoms with van der Waals surface area (Å²) in [6.07, 6.45) is -6.17. The van der Waals surface area contributed by atoms with Crippen LogP contribution in [0.15, 0.2) is 48.5 Å². The van der Waals surface area contributed by atoms with E-state index in [0.717, 1.165) is 0 Å². The maximum atomic E-state index is 15.0. The molecule has 0 unspecified atom stereocenters. The van der Waals surface area contributed by atoms with Crippen LogP contribution in [-0.4, -0.2) is 345 Å². The van der Waals surface area contributed by atoms with Gasteiger partial charge in [0.1, 0.15) is 102 Å². The van der Waals surface area contributed by atoms with E-state index in [1.54, 1.807) is 111 Å². The first-order valence-corrected chi connectivity index (χ1v) is 53.1. The number of cyclic esters (lactones) is 4. The Morgan fingerprint density at radius 2 is 0.831 bits per heavy atom. The minimum Gasteiger partial charge on any atom is -0.497 e. The molecule has 0 saturated carbocycles. The average Bonchev–Trinajstić information content (AvgIpc) is 1.62. The number of likely N-dealkylation sites (N-methyl/N-ethyl adjacent to an activating group) is 4. The average molecular weight is 2100 g/mol. The number of ether oxygens (including phenoxy) is 7. The number of nitrogens with zero attached hydrogens (tertiary/aromatic N) is 8.